The van der Waals surface area contributed by atoms with E-state index in [0.717, 1.165) is 25.7 Å². The molecule has 5 amide bonds. The smallest absolute Gasteiger partial charge is 0.394 e. The summed E-state index contributed by atoms with van der Waals surface area (Å²) in [5.74, 6) is -6.72. The van der Waals surface area contributed by atoms with Crippen LogP contribution in [-0.4, -0.2) is 155 Å². The zero-order valence-corrected chi connectivity index (χ0v) is 46.9. The molecule has 2 heterocycles. The lowest BCUT2D eigenvalue weighted by molar-refractivity contribution is -0.140. The Bertz CT molecular complexity index is 2070. The summed E-state index contributed by atoms with van der Waals surface area (Å²) >= 11 is 3.98. The number of carbonyl (C=O) groups is 7. The number of likely N-dealkylation sites (tertiary alicyclic amines) is 1. The number of amides is 5. The Morgan fingerprint density at radius 1 is 0.895 bits per heavy atom. The van der Waals surface area contributed by atoms with Gasteiger partial charge in [0.05, 0.1) is 82.4 Å². The first-order chi connectivity index (χ1) is 36.3. The number of primary amides is 1. The molecule has 1 fully saturated rings. The summed E-state index contributed by atoms with van der Waals surface area (Å²) in [6.07, 6.45) is 8.22. The number of aryl methyl sites for hydroxylation is 1. The summed E-state index contributed by atoms with van der Waals surface area (Å²) in [6, 6.07) is 6.43. The van der Waals surface area contributed by atoms with Crippen molar-refractivity contribution < 1.29 is 66.6 Å². The summed E-state index contributed by atoms with van der Waals surface area (Å²) in [5, 5.41) is 18.2. The number of carbonyl (C=O) groups excluding carboxylic acids is 7. The molecule has 3 rings (SSSR count). The number of Topliss-reactive ketones (excluding diaryl/α,β-unsaturated/α-hetero) is 2. The maximum Gasteiger partial charge on any atom is 0.472 e. The van der Waals surface area contributed by atoms with Crippen molar-refractivity contribution in [2.45, 2.75) is 155 Å². The molecule has 24 heteroatoms. The molecule has 0 bridgehead atoms. The summed E-state index contributed by atoms with van der Waals surface area (Å²) in [4.78, 5) is 111. The number of hydrogen-bond donors (Lipinski definition) is 9. The average Bonchev–Trinajstić information content (AvgIpc) is 4.10. The second-order valence-electron chi connectivity index (χ2n) is 19.3. The number of rotatable bonds is 39. The van der Waals surface area contributed by atoms with Gasteiger partial charge in [0.1, 0.15) is 12.1 Å². The van der Waals surface area contributed by atoms with Crippen molar-refractivity contribution in [1.29, 1.82) is 0 Å². The number of nitrogens with two attached hydrogens (primary N) is 2. The van der Waals surface area contributed by atoms with Gasteiger partial charge in [0.2, 0.25) is 29.5 Å². The van der Waals surface area contributed by atoms with Crippen molar-refractivity contribution in [2.75, 3.05) is 58.5 Å². The SMILES string of the molecule is CCCCCCCOP(=O)(O)O[C@H](C)[C@H](CC(=O)[C@H](CO)NC(=O)[C@@H](CC(=O)[C@H](CC(C)C)NC(=O)[C@@H]1CCCN1C(=O)CCOCCOCCNC(=O)[C@@H](N)CS)Cc1cnc[nH]1)C(N)=O.CCCc1ccccc1. The first-order valence-corrected chi connectivity index (χ1v) is 28.7. The second kappa shape index (κ2) is 38.1. The lowest BCUT2D eigenvalue weighted by Gasteiger charge is -2.28. The Kier molecular flexibility index (Phi) is 33.8. The van der Waals surface area contributed by atoms with E-state index in [1.54, 1.807) is 0 Å². The zero-order chi connectivity index (χ0) is 56.5. The van der Waals surface area contributed by atoms with E-state index in [0.29, 0.717) is 31.5 Å². The number of aromatic amines is 1. The topological polar surface area (TPSA) is 334 Å². The predicted molar refractivity (Wildman–Crippen MR) is 289 cm³/mol. The number of ketones is 2. The number of unbranched alkanes of at least 4 members (excludes halogenated alkanes) is 4. The lowest BCUT2D eigenvalue weighted by Crippen LogP contribution is -2.52. The number of benzene rings is 1. The minimum Gasteiger partial charge on any atom is -0.394 e. The molecule has 0 saturated carbocycles. The number of ether oxygens (including phenoxy) is 2. The molecule has 76 heavy (non-hydrogen) atoms. The number of nitrogens with zero attached hydrogens (tertiary/aromatic N) is 2. The Hall–Kier alpha value is -4.58. The van der Waals surface area contributed by atoms with E-state index in [1.807, 2.05) is 13.8 Å². The van der Waals surface area contributed by atoms with Crippen molar-refractivity contribution in [2.24, 2.45) is 29.2 Å². The molecule has 1 unspecified atom stereocenters. The van der Waals surface area contributed by atoms with Gasteiger partial charge in [0.25, 0.3) is 0 Å². The molecule has 0 radical (unpaired) electrons. The minimum absolute atomic E-state index is 0.00648. The molecule has 1 aliphatic heterocycles. The molecule has 1 aromatic heterocycles. The number of thiol groups is 1. The van der Waals surface area contributed by atoms with Gasteiger partial charge < -0.3 is 56.8 Å². The Morgan fingerprint density at radius 3 is 2.20 bits per heavy atom. The van der Waals surface area contributed by atoms with Crippen molar-refractivity contribution in [1.82, 2.24) is 30.8 Å². The van der Waals surface area contributed by atoms with Gasteiger partial charge in [0, 0.05) is 50.0 Å². The molecule has 22 nitrogen and oxygen atoms in total. The first-order valence-electron chi connectivity index (χ1n) is 26.6. The highest BCUT2D eigenvalue weighted by atomic mass is 32.1. The minimum atomic E-state index is -4.65. The molecule has 0 spiro atoms. The van der Waals surface area contributed by atoms with Gasteiger partial charge in [-0.25, -0.2) is 9.55 Å². The molecule has 1 saturated heterocycles. The van der Waals surface area contributed by atoms with Crippen LogP contribution in [0, 0.1) is 17.8 Å². The van der Waals surface area contributed by atoms with Crippen LogP contribution in [-0.2, 0) is 69.5 Å². The molecule has 2 aromatic rings. The maximum atomic E-state index is 14.1. The second-order valence-corrected chi connectivity index (χ2v) is 21.1. The molecule has 8 atom stereocenters. The Morgan fingerprint density at radius 2 is 1.58 bits per heavy atom. The van der Waals surface area contributed by atoms with E-state index in [1.165, 1.54) is 42.8 Å². The van der Waals surface area contributed by atoms with Gasteiger partial charge >= 0.3 is 7.82 Å². The quantitative estimate of drug-likeness (QED) is 0.0263. The number of hydrogen-bond acceptors (Lipinski definition) is 16. The van der Waals surface area contributed by atoms with Gasteiger partial charge in [-0.15, -0.1) is 0 Å². The number of H-pyrrole nitrogens is 1. The van der Waals surface area contributed by atoms with E-state index in [2.05, 4.69) is 82.7 Å². The fourth-order valence-corrected chi connectivity index (χ4v) is 9.40. The number of aromatic nitrogens is 2. The van der Waals surface area contributed by atoms with Crippen molar-refractivity contribution >= 4 is 61.6 Å². The number of imidazole rings is 1. The van der Waals surface area contributed by atoms with Gasteiger partial charge in [0.15, 0.2) is 11.6 Å². The summed E-state index contributed by atoms with van der Waals surface area (Å²) in [5.41, 5.74) is 13.1. The third-order valence-electron chi connectivity index (χ3n) is 12.5. The number of nitrogens with one attached hydrogen (secondary N) is 4. The third kappa shape index (κ3) is 27.1. The van der Waals surface area contributed by atoms with Crippen LogP contribution in [0.2, 0.25) is 0 Å². The van der Waals surface area contributed by atoms with Gasteiger partial charge in [-0.2, -0.15) is 12.6 Å². The van der Waals surface area contributed by atoms with Crippen LogP contribution in [0.4, 0.5) is 0 Å². The first kappa shape index (κ1) is 67.5. The van der Waals surface area contributed by atoms with E-state index in [9.17, 15) is 48.1 Å². The number of aliphatic hydroxyl groups excluding tert-OH is 1. The molecular weight excluding hydrogens is 1020 g/mol. The van der Waals surface area contributed by atoms with Crippen LogP contribution in [0.15, 0.2) is 42.9 Å². The van der Waals surface area contributed by atoms with E-state index in [4.69, 9.17) is 30.0 Å². The van der Waals surface area contributed by atoms with Crippen LogP contribution >= 0.6 is 20.5 Å². The monoisotopic (exact) mass is 1110 g/mol. The van der Waals surface area contributed by atoms with Gasteiger partial charge in [-0.1, -0.05) is 90.1 Å². The zero-order valence-electron chi connectivity index (χ0n) is 45.2. The van der Waals surface area contributed by atoms with E-state index >= 15 is 0 Å². The Balaban J connectivity index is 0.00000197. The fraction of sp³-hybridized carbons (Fsp3) is 0.692. The van der Waals surface area contributed by atoms with Gasteiger partial charge in [-0.3, -0.25) is 42.6 Å². The van der Waals surface area contributed by atoms with Crippen molar-refractivity contribution in [3.05, 3.63) is 54.1 Å². The summed E-state index contributed by atoms with van der Waals surface area (Å²) in [7, 11) is -4.65. The Labute approximate surface area is 454 Å². The fourth-order valence-electron chi connectivity index (χ4n) is 8.25. The van der Waals surface area contributed by atoms with Gasteiger partial charge in [-0.05, 0) is 50.5 Å². The standard InChI is InChI=1S/C43H75N8O14PS.C9H12/c1-5-6-7-8-9-15-64-66(60,61)65-29(4)32(40(45)56)23-38(54)35(25-52)50-41(57)30(21-31-24-46-27-48-31)22-37(53)34(20-28(2)3)49-43(59)36-11-10-14-51(36)39(55)12-16-62-18-19-63-17-13-47-42(58)33(44)26-67;1-2-6-9-7-4-3-5-8-9/h24,27-30,32-36,52,67H,5-23,25-26,44H2,1-4H3,(H2,45,56)(H,46,48)(H,47,58)(H,49,59)(H,50,57)(H,60,61);3-5,7-8H,2,6H2,1H3/t29-,30-,32+,33+,34+,35+,36+;/m1./s1. The van der Waals surface area contributed by atoms with Crippen molar-refractivity contribution in [3.63, 3.8) is 0 Å². The maximum absolute atomic E-state index is 14.1. The number of phosphoric acid groups is 1. The molecular formula is C52H87N8O14PS. The molecule has 0 aliphatic carbocycles. The van der Waals surface area contributed by atoms with Crippen LogP contribution in [0.5, 0.6) is 0 Å². The highest BCUT2D eigenvalue weighted by Crippen LogP contribution is 2.46. The van der Waals surface area contributed by atoms with E-state index < -0.39 is 98.7 Å². The lowest BCUT2D eigenvalue weighted by atomic mass is 9.89. The van der Waals surface area contributed by atoms with Crippen molar-refractivity contribution in [3.8, 4) is 0 Å². The van der Waals surface area contributed by atoms with Crippen LogP contribution in [0.1, 0.15) is 123 Å². The van der Waals surface area contributed by atoms with E-state index in [-0.39, 0.29) is 82.3 Å². The normalized spacial score (nSPS) is 16.5. The summed E-state index contributed by atoms with van der Waals surface area (Å²) in [6.45, 7) is 9.66. The molecule has 430 valence electrons. The highest BCUT2D eigenvalue weighted by Gasteiger charge is 2.38. The molecule has 1 aliphatic rings. The van der Waals surface area contributed by atoms with Crippen LogP contribution in [0.25, 0.3) is 0 Å². The molecule has 1 aromatic carbocycles. The van der Waals surface area contributed by atoms with Crippen LogP contribution in [0.3, 0.4) is 0 Å². The highest BCUT2D eigenvalue weighted by molar-refractivity contribution is 7.80. The van der Waals surface area contributed by atoms with Crippen LogP contribution < -0.4 is 27.4 Å². The average molecular weight is 1110 g/mol. The predicted octanol–water partition coefficient (Wildman–Crippen LogP) is 3.52. The number of phosphoric ester groups is 1. The third-order valence-corrected chi connectivity index (χ3v) is 14.0. The molecule has 10 N–H and O–H groups in total. The largest absolute Gasteiger partial charge is 0.472 e. The summed E-state index contributed by atoms with van der Waals surface area (Å²) < 4.78 is 33.8. The number of aliphatic hydroxyl groups is 1.